The first-order chi connectivity index (χ1) is 15.2. The molecule has 2 aromatic rings. The SMILES string of the molecule is Fc1ccc2nc(CN(CC3CCN(C4CCCC4)CC3)C[C@@H]3CCCO3)ccc2c1. The minimum atomic E-state index is -0.203. The fourth-order valence-corrected chi connectivity index (χ4v) is 5.87. The number of benzene rings is 1. The number of fused-ring (bicyclic) bond motifs is 1. The van der Waals surface area contributed by atoms with Crippen molar-refractivity contribution in [1.82, 2.24) is 14.8 Å². The first-order valence-electron chi connectivity index (χ1n) is 12.4. The lowest BCUT2D eigenvalue weighted by Gasteiger charge is -2.38. The van der Waals surface area contributed by atoms with Crippen LogP contribution < -0.4 is 0 Å². The second kappa shape index (κ2) is 9.93. The van der Waals surface area contributed by atoms with Crippen molar-refractivity contribution in [2.45, 2.75) is 70.1 Å². The number of piperidine rings is 1. The zero-order valence-electron chi connectivity index (χ0n) is 18.6. The molecule has 1 aromatic heterocycles. The third-order valence-corrected chi connectivity index (χ3v) is 7.59. The molecule has 2 saturated heterocycles. The van der Waals surface area contributed by atoms with Gasteiger partial charge < -0.3 is 9.64 Å². The van der Waals surface area contributed by atoms with Crippen LogP contribution in [0.4, 0.5) is 4.39 Å². The molecule has 4 nitrogen and oxygen atoms in total. The Bertz CT molecular complexity index is 855. The fraction of sp³-hybridized carbons (Fsp3) is 0.654. The van der Waals surface area contributed by atoms with E-state index in [2.05, 4.69) is 15.9 Å². The molecule has 31 heavy (non-hydrogen) atoms. The van der Waals surface area contributed by atoms with E-state index >= 15 is 0 Å². The van der Waals surface area contributed by atoms with Crippen LogP contribution in [-0.4, -0.2) is 59.7 Å². The molecule has 5 heteroatoms. The highest BCUT2D eigenvalue weighted by Crippen LogP contribution is 2.29. The van der Waals surface area contributed by atoms with E-state index < -0.39 is 0 Å². The van der Waals surface area contributed by atoms with Gasteiger partial charge in [0.05, 0.1) is 17.3 Å². The molecule has 3 heterocycles. The van der Waals surface area contributed by atoms with E-state index in [9.17, 15) is 4.39 Å². The summed E-state index contributed by atoms with van der Waals surface area (Å²) in [6, 6.07) is 9.78. The van der Waals surface area contributed by atoms with Crippen molar-refractivity contribution in [3.05, 3.63) is 41.8 Å². The first kappa shape index (κ1) is 21.3. The number of pyridine rings is 1. The maximum absolute atomic E-state index is 13.5. The van der Waals surface area contributed by atoms with Crippen LogP contribution in [0.25, 0.3) is 10.9 Å². The topological polar surface area (TPSA) is 28.6 Å². The lowest BCUT2D eigenvalue weighted by atomic mass is 9.94. The molecule has 1 aromatic carbocycles. The Morgan fingerprint density at radius 3 is 2.58 bits per heavy atom. The van der Waals surface area contributed by atoms with Crippen LogP contribution in [0, 0.1) is 11.7 Å². The molecule has 3 aliphatic rings. The molecule has 168 valence electrons. The predicted octanol–water partition coefficient (Wildman–Crippen LogP) is 5.01. The minimum Gasteiger partial charge on any atom is -0.377 e. The summed E-state index contributed by atoms with van der Waals surface area (Å²) in [5.74, 6) is 0.555. The molecule has 5 rings (SSSR count). The van der Waals surface area contributed by atoms with Gasteiger partial charge in [-0.25, -0.2) is 4.39 Å². The van der Waals surface area contributed by atoms with Crippen LogP contribution in [0.3, 0.4) is 0 Å². The monoisotopic (exact) mass is 425 g/mol. The van der Waals surface area contributed by atoms with E-state index in [-0.39, 0.29) is 5.82 Å². The van der Waals surface area contributed by atoms with E-state index in [0.717, 1.165) is 54.8 Å². The molecule has 0 bridgehead atoms. The predicted molar refractivity (Wildman–Crippen MR) is 123 cm³/mol. The smallest absolute Gasteiger partial charge is 0.123 e. The average Bonchev–Trinajstić information content (AvgIpc) is 3.49. The lowest BCUT2D eigenvalue weighted by Crippen LogP contribution is -2.43. The van der Waals surface area contributed by atoms with Gasteiger partial charge in [0.15, 0.2) is 0 Å². The number of halogens is 1. The Morgan fingerprint density at radius 2 is 1.81 bits per heavy atom. The summed E-state index contributed by atoms with van der Waals surface area (Å²) in [5.41, 5.74) is 1.95. The van der Waals surface area contributed by atoms with Gasteiger partial charge in [-0.1, -0.05) is 18.9 Å². The second-order valence-corrected chi connectivity index (χ2v) is 9.89. The van der Waals surface area contributed by atoms with Crippen LogP contribution in [0.5, 0.6) is 0 Å². The summed E-state index contributed by atoms with van der Waals surface area (Å²) < 4.78 is 19.5. The van der Waals surface area contributed by atoms with Crippen molar-refractivity contribution in [3.8, 4) is 0 Å². The number of rotatable bonds is 7. The number of aromatic nitrogens is 1. The summed E-state index contributed by atoms with van der Waals surface area (Å²) in [7, 11) is 0. The van der Waals surface area contributed by atoms with Gasteiger partial charge in [0.25, 0.3) is 0 Å². The molecule has 0 spiro atoms. The van der Waals surface area contributed by atoms with Gasteiger partial charge in [0.1, 0.15) is 5.82 Å². The second-order valence-electron chi connectivity index (χ2n) is 9.89. The Hall–Kier alpha value is -1.56. The van der Waals surface area contributed by atoms with Crippen molar-refractivity contribution in [2.75, 3.05) is 32.8 Å². The molecule has 0 unspecified atom stereocenters. The van der Waals surface area contributed by atoms with Gasteiger partial charge in [-0.05, 0) is 81.8 Å². The van der Waals surface area contributed by atoms with Crippen LogP contribution >= 0.6 is 0 Å². The highest BCUT2D eigenvalue weighted by Gasteiger charge is 2.29. The van der Waals surface area contributed by atoms with E-state index in [1.54, 1.807) is 12.1 Å². The Balaban J connectivity index is 1.23. The number of ether oxygens (including phenoxy) is 1. The Labute approximate surface area is 185 Å². The number of hydrogen-bond donors (Lipinski definition) is 0. The van der Waals surface area contributed by atoms with Crippen LogP contribution in [0.1, 0.15) is 57.1 Å². The summed E-state index contributed by atoms with van der Waals surface area (Å²) in [6.45, 7) is 6.40. The molecule has 2 aliphatic heterocycles. The number of hydrogen-bond acceptors (Lipinski definition) is 4. The molecule has 1 atom stereocenters. The van der Waals surface area contributed by atoms with Gasteiger partial charge in [-0.15, -0.1) is 0 Å². The highest BCUT2D eigenvalue weighted by molar-refractivity contribution is 5.78. The van der Waals surface area contributed by atoms with E-state index in [1.165, 1.54) is 70.5 Å². The Kier molecular flexibility index (Phi) is 6.82. The quantitative estimate of drug-likeness (QED) is 0.624. The zero-order valence-corrected chi connectivity index (χ0v) is 18.6. The minimum absolute atomic E-state index is 0.203. The molecule has 0 N–H and O–H groups in total. The average molecular weight is 426 g/mol. The van der Waals surface area contributed by atoms with Gasteiger partial charge >= 0.3 is 0 Å². The molecular formula is C26H36FN3O. The molecular weight excluding hydrogens is 389 g/mol. The van der Waals surface area contributed by atoms with Crippen molar-refractivity contribution >= 4 is 10.9 Å². The Morgan fingerprint density at radius 1 is 0.968 bits per heavy atom. The molecule has 3 fully saturated rings. The summed E-state index contributed by atoms with van der Waals surface area (Å²) in [4.78, 5) is 10.2. The first-order valence-corrected chi connectivity index (χ1v) is 12.4. The van der Waals surface area contributed by atoms with Gasteiger partial charge in [-0.2, -0.15) is 0 Å². The van der Waals surface area contributed by atoms with E-state index in [0.29, 0.717) is 6.10 Å². The van der Waals surface area contributed by atoms with Gasteiger partial charge in [0.2, 0.25) is 0 Å². The summed E-state index contributed by atoms with van der Waals surface area (Å²) in [6.07, 6.45) is 11.0. The van der Waals surface area contributed by atoms with Gasteiger partial charge in [0, 0.05) is 37.7 Å². The molecule has 1 aliphatic carbocycles. The normalized spacial score (nSPS) is 24.0. The van der Waals surface area contributed by atoms with Crippen molar-refractivity contribution in [1.29, 1.82) is 0 Å². The number of likely N-dealkylation sites (tertiary alicyclic amines) is 1. The van der Waals surface area contributed by atoms with E-state index in [4.69, 9.17) is 9.72 Å². The van der Waals surface area contributed by atoms with Crippen molar-refractivity contribution < 1.29 is 9.13 Å². The third-order valence-electron chi connectivity index (χ3n) is 7.59. The lowest BCUT2D eigenvalue weighted by molar-refractivity contribution is 0.0536. The summed E-state index contributed by atoms with van der Waals surface area (Å²) >= 11 is 0. The number of nitrogens with zero attached hydrogens (tertiary/aromatic N) is 3. The van der Waals surface area contributed by atoms with Crippen LogP contribution in [0.15, 0.2) is 30.3 Å². The zero-order chi connectivity index (χ0) is 21.0. The van der Waals surface area contributed by atoms with Gasteiger partial charge in [-0.3, -0.25) is 9.88 Å². The molecule has 1 saturated carbocycles. The third kappa shape index (κ3) is 5.44. The van der Waals surface area contributed by atoms with Crippen LogP contribution in [-0.2, 0) is 11.3 Å². The molecule has 0 radical (unpaired) electrons. The highest BCUT2D eigenvalue weighted by atomic mass is 19.1. The largest absolute Gasteiger partial charge is 0.377 e. The fourth-order valence-electron chi connectivity index (χ4n) is 5.87. The van der Waals surface area contributed by atoms with Crippen molar-refractivity contribution in [3.63, 3.8) is 0 Å². The molecule has 0 amide bonds. The maximum Gasteiger partial charge on any atom is 0.123 e. The standard InChI is InChI=1S/C26H36FN3O/c27-22-8-10-26-21(16-22)7-9-23(28-26)18-29(19-25-6-3-15-31-25)17-20-11-13-30(14-12-20)24-4-1-2-5-24/h7-10,16,20,24-25H,1-6,11-15,17-19H2/t25-/m0/s1. The van der Waals surface area contributed by atoms with Crippen LogP contribution in [0.2, 0.25) is 0 Å². The van der Waals surface area contributed by atoms with Crippen molar-refractivity contribution in [2.24, 2.45) is 5.92 Å². The maximum atomic E-state index is 13.5. The van der Waals surface area contributed by atoms with E-state index in [1.807, 2.05) is 6.07 Å². The summed E-state index contributed by atoms with van der Waals surface area (Å²) in [5, 5.41) is 0.869.